The smallest absolute Gasteiger partial charge is 0.308 e. The van der Waals surface area contributed by atoms with Gasteiger partial charge in [-0.15, -0.1) is 0 Å². The number of carboxylic acid groups (broad SMARTS) is 1. The summed E-state index contributed by atoms with van der Waals surface area (Å²) < 4.78 is 0. The van der Waals surface area contributed by atoms with Crippen LogP contribution in [0.25, 0.3) is 0 Å². The van der Waals surface area contributed by atoms with Crippen molar-refractivity contribution >= 4 is 11.9 Å². The largest absolute Gasteiger partial charge is 0.481 e. The molecule has 0 radical (unpaired) electrons. The molecule has 4 heteroatoms. The van der Waals surface area contributed by atoms with E-state index < -0.39 is 5.97 Å². The van der Waals surface area contributed by atoms with Crippen molar-refractivity contribution in [3.05, 3.63) is 0 Å². The zero-order valence-electron chi connectivity index (χ0n) is 12.5. The van der Waals surface area contributed by atoms with Crippen molar-refractivity contribution in [1.29, 1.82) is 0 Å². The SMILES string of the molecule is O=C(CC1CC2CCC1C2)NC1C2CCC(C2)C1C(=O)O. The van der Waals surface area contributed by atoms with Gasteiger partial charge in [-0.1, -0.05) is 6.42 Å². The molecule has 1 amide bonds. The fourth-order valence-corrected chi connectivity index (χ4v) is 5.96. The van der Waals surface area contributed by atoms with Gasteiger partial charge in [-0.2, -0.15) is 0 Å². The molecular weight excluding hydrogens is 266 g/mol. The normalized spacial score (nSPS) is 47.0. The molecule has 0 spiro atoms. The standard InChI is InChI=1S/C17H25NO3/c19-14(8-13-6-9-1-2-10(13)5-9)18-16-12-4-3-11(7-12)15(16)17(20)21/h9-13,15-16H,1-8H2,(H,18,19)(H,20,21). The number of aliphatic carboxylic acids is 1. The molecule has 0 aromatic rings. The van der Waals surface area contributed by atoms with Gasteiger partial charge in [0.2, 0.25) is 5.91 Å². The van der Waals surface area contributed by atoms with Crippen LogP contribution in [-0.4, -0.2) is 23.0 Å². The minimum atomic E-state index is -0.715. The van der Waals surface area contributed by atoms with Crippen LogP contribution in [0.4, 0.5) is 0 Å². The molecule has 4 fully saturated rings. The third-order valence-corrected chi connectivity index (χ3v) is 6.86. The summed E-state index contributed by atoms with van der Waals surface area (Å²) in [5.41, 5.74) is 0. The second-order valence-corrected chi connectivity index (χ2v) is 7.93. The number of rotatable bonds is 4. The van der Waals surface area contributed by atoms with E-state index >= 15 is 0 Å². The van der Waals surface area contributed by atoms with E-state index in [-0.39, 0.29) is 17.9 Å². The van der Waals surface area contributed by atoms with E-state index in [9.17, 15) is 14.7 Å². The van der Waals surface area contributed by atoms with Crippen LogP contribution in [0, 0.1) is 35.5 Å². The highest BCUT2D eigenvalue weighted by molar-refractivity contribution is 5.79. The second-order valence-electron chi connectivity index (χ2n) is 7.93. The van der Waals surface area contributed by atoms with Crippen LogP contribution >= 0.6 is 0 Å². The number of fused-ring (bicyclic) bond motifs is 4. The van der Waals surface area contributed by atoms with E-state index in [0.29, 0.717) is 24.2 Å². The first-order valence-electron chi connectivity index (χ1n) is 8.64. The Bertz CT molecular complexity index is 463. The van der Waals surface area contributed by atoms with Gasteiger partial charge in [-0.05, 0) is 68.1 Å². The average molecular weight is 291 g/mol. The first kappa shape index (κ1) is 13.6. The Kier molecular flexibility index (Phi) is 3.23. The maximum absolute atomic E-state index is 12.4. The molecule has 4 rings (SSSR count). The monoisotopic (exact) mass is 291 g/mol. The van der Waals surface area contributed by atoms with Crippen molar-refractivity contribution in [2.45, 2.75) is 57.4 Å². The Morgan fingerprint density at radius 2 is 1.71 bits per heavy atom. The molecule has 0 heterocycles. The molecule has 116 valence electrons. The van der Waals surface area contributed by atoms with E-state index in [1.54, 1.807) is 0 Å². The van der Waals surface area contributed by atoms with E-state index in [1.807, 2.05) is 0 Å². The molecule has 2 N–H and O–H groups in total. The van der Waals surface area contributed by atoms with Gasteiger partial charge in [0.1, 0.15) is 0 Å². The zero-order chi connectivity index (χ0) is 14.6. The van der Waals surface area contributed by atoms with E-state index in [0.717, 1.165) is 31.1 Å². The molecule has 21 heavy (non-hydrogen) atoms. The Morgan fingerprint density at radius 1 is 0.952 bits per heavy atom. The fourth-order valence-electron chi connectivity index (χ4n) is 5.96. The summed E-state index contributed by atoms with van der Waals surface area (Å²) in [6, 6.07) is -0.104. The summed E-state index contributed by atoms with van der Waals surface area (Å²) >= 11 is 0. The number of nitrogens with one attached hydrogen (secondary N) is 1. The van der Waals surface area contributed by atoms with Gasteiger partial charge in [-0.25, -0.2) is 0 Å². The minimum Gasteiger partial charge on any atom is -0.481 e. The minimum absolute atomic E-state index is 0.104. The lowest BCUT2D eigenvalue weighted by Crippen LogP contribution is -2.47. The van der Waals surface area contributed by atoms with E-state index in [2.05, 4.69) is 5.32 Å². The second kappa shape index (κ2) is 4.99. The van der Waals surface area contributed by atoms with Crippen LogP contribution in [0.2, 0.25) is 0 Å². The zero-order valence-corrected chi connectivity index (χ0v) is 12.5. The Hall–Kier alpha value is -1.06. The number of amides is 1. The van der Waals surface area contributed by atoms with Crippen LogP contribution < -0.4 is 5.32 Å². The van der Waals surface area contributed by atoms with Crippen LogP contribution in [0.1, 0.15) is 51.4 Å². The maximum atomic E-state index is 12.4. The molecule has 4 nitrogen and oxygen atoms in total. The van der Waals surface area contributed by atoms with Gasteiger partial charge in [0.25, 0.3) is 0 Å². The quantitative estimate of drug-likeness (QED) is 0.836. The lowest BCUT2D eigenvalue weighted by Gasteiger charge is -2.30. The molecule has 4 aliphatic carbocycles. The first-order chi connectivity index (χ1) is 10.1. The Morgan fingerprint density at radius 3 is 2.38 bits per heavy atom. The van der Waals surface area contributed by atoms with Crippen molar-refractivity contribution < 1.29 is 14.7 Å². The maximum Gasteiger partial charge on any atom is 0.308 e. The Balaban J connectivity index is 1.37. The highest BCUT2D eigenvalue weighted by Crippen LogP contribution is 2.50. The van der Waals surface area contributed by atoms with Crippen LogP contribution in [0.5, 0.6) is 0 Å². The van der Waals surface area contributed by atoms with E-state index in [4.69, 9.17) is 0 Å². The van der Waals surface area contributed by atoms with Crippen LogP contribution in [0.15, 0.2) is 0 Å². The molecule has 4 bridgehead atoms. The van der Waals surface area contributed by atoms with Crippen LogP contribution in [0.3, 0.4) is 0 Å². The van der Waals surface area contributed by atoms with E-state index in [1.165, 1.54) is 25.7 Å². The number of hydrogen-bond donors (Lipinski definition) is 2. The summed E-state index contributed by atoms with van der Waals surface area (Å²) in [7, 11) is 0. The Labute approximate surface area is 125 Å². The van der Waals surface area contributed by atoms with Crippen molar-refractivity contribution in [3.63, 3.8) is 0 Å². The van der Waals surface area contributed by atoms with Gasteiger partial charge in [-0.3, -0.25) is 9.59 Å². The van der Waals surface area contributed by atoms with Crippen molar-refractivity contribution in [2.75, 3.05) is 0 Å². The third kappa shape index (κ3) is 2.27. The summed E-state index contributed by atoms with van der Waals surface area (Å²) in [5, 5.41) is 12.5. The van der Waals surface area contributed by atoms with Crippen molar-refractivity contribution in [1.82, 2.24) is 5.32 Å². The number of carboxylic acids is 1. The summed E-state index contributed by atoms with van der Waals surface area (Å²) in [6.07, 6.45) is 8.94. The first-order valence-corrected chi connectivity index (χ1v) is 8.64. The van der Waals surface area contributed by atoms with Gasteiger partial charge >= 0.3 is 5.97 Å². The summed E-state index contributed by atoms with van der Waals surface area (Å²) in [4.78, 5) is 23.9. The number of carbonyl (C=O) groups excluding carboxylic acids is 1. The number of carbonyl (C=O) groups is 2. The predicted molar refractivity (Wildman–Crippen MR) is 77.4 cm³/mol. The van der Waals surface area contributed by atoms with Crippen LogP contribution in [-0.2, 0) is 9.59 Å². The topological polar surface area (TPSA) is 66.4 Å². The molecule has 0 aliphatic heterocycles. The lowest BCUT2D eigenvalue weighted by atomic mass is 9.83. The molecule has 7 atom stereocenters. The average Bonchev–Trinajstić information content (AvgIpc) is 3.17. The van der Waals surface area contributed by atoms with Gasteiger partial charge in [0.05, 0.1) is 5.92 Å². The highest BCUT2D eigenvalue weighted by Gasteiger charge is 2.51. The van der Waals surface area contributed by atoms with Gasteiger partial charge < -0.3 is 10.4 Å². The third-order valence-electron chi connectivity index (χ3n) is 6.86. The summed E-state index contributed by atoms with van der Waals surface area (Å²) in [6.45, 7) is 0. The highest BCUT2D eigenvalue weighted by atomic mass is 16.4. The fraction of sp³-hybridized carbons (Fsp3) is 0.882. The van der Waals surface area contributed by atoms with Crippen molar-refractivity contribution in [2.24, 2.45) is 35.5 Å². The molecule has 0 saturated heterocycles. The number of hydrogen-bond acceptors (Lipinski definition) is 2. The molecule has 0 aromatic carbocycles. The predicted octanol–water partition coefficient (Wildman–Crippen LogP) is 2.43. The van der Waals surface area contributed by atoms with Gasteiger partial charge in [0.15, 0.2) is 0 Å². The van der Waals surface area contributed by atoms with Gasteiger partial charge in [0, 0.05) is 12.5 Å². The molecule has 0 aromatic heterocycles. The lowest BCUT2D eigenvalue weighted by molar-refractivity contribution is -0.144. The molecule has 4 aliphatic rings. The summed E-state index contributed by atoms with van der Waals surface area (Å²) in [5.74, 6) is 1.93. The molecular formula is C17H25NO3. The molecule has 4 saturated carbocycles. The van der Waals surface area contributed by atoms with Crippen molar-refractivity contribution in [3.8, 4) is 0 Å². The molecule has 7 unspecified atom stereocenters.